The van der Waals surface area contributed by atoms with Crippen molar-refractivity contribution in [2.24, 2.45) is 23.5 Å². The first-order chi connectivity index (χ1) is 9.69. The van der Waals surface area contributed by atoms with Crippen molar-refractivity contribution in [2.75, 3.05) is 18.0 Å². The Balaban J connectivity index is 1.74. The maximum Gasteiger partial charge on any atom is 0.230 e. The summed E-state index contributed by atoms with van der Waals surface area (Å²) in [5.41, 5.74) is 7.87. The fourth-order valence-corrected chi connectivity index (χ4v) is 3.48. The van der Waals surface area contributed by atoms with Crippen LogP contribution in [0.1, 0.15) is 31.2 Å². The van der Waals surface area contributed by atoms with Crippen LogP contribution < -0.4 is 10.6 Å². The molecular formula is C17H24N2O. The summed E-state index contributed by atoms with van der Waals surface area (Å²) in [6.45, 7) is 3.44. The van der Waals surface area contributed by atoms with Crippen molar-refractivity contribution >= 4 is 11.6 Å². The Bertz CT molecular complexity index is 472. The number of hydrogen-bond acceptors (Lipinski definition) is 2. The Labute approximate surface area is 121 Å². The fraction of sp³-hybridized carbons (Fsp3) is 0.588. The van der Waals surface area contributed by atoms with Gasteiger partial charge in [0.25, 0.3) is 0 Å². The highest BCUT2D eigenvalue weighted by Crippen LogP contribution is 2.54. The van der Waals surface area contributed by atoms with E-state index in [9.17, 15) is 4.79 Å². The molecular weight excluding hydrogens is 248 g/mol. The summed E-state index contributed by atoms with van der Waals surface area (Å²) in [5, 5.41) is 0. The first-order valence-corrected chi connectivity index (χ1v) is 7.77. The van der Waals surface area contributed by atoms with E-state index in [-0.39, 0.29) is 5.92 Å². The average Bonchev–Trinajstić information content (AvgIpc) is 3.07. The van der Waals surface area contributed by atoms with Crippen LogP contribution in [-0.2, 0) is 4.79 Å². The molecule has 2 fully saturated rings. The number of nitrogens with zero attached hydrogens (tertiary/aromatic N) is 1. The predicted octanol–water partition coefficient (Wildman–Crippen LogP) is 2.72. The summed E-state index contributed by atoms with van der Waals surface area (Å²) in [5.74, 6) is 2.25. The number of aryl methyl sites for hydroxylation is 1. The van der Waals surface area contributed by atoms with Gasteiger partial charge in [0.15, 0.2) is 0 Å². The Morgan fingerprint density at radius 1 is 1.20 bits per heavy atom. The van der Waals surface area contributed by atoms with Crippen LogP contribution >= 0.6 is 0 Å². The monoisotopic (exact) mass is 272 g/mol. The van der Waals surface area contributed by atoms with Gasteiger partial charge < -0.3 is 10.6 Å². The number of fused-ring (bicyclic) bond motifs is 1. The summed E-state index contributed by atoms with van der Waals surface area (Å²) in [7, 11) is 0. The van der Waals surface area contributed by atoms with Crippen LogP contribution in [0.5, 0.6) is 0 Å². The van der Waals surface area contributed by atoms with Gasteiger partial charge in [-0.15, -0.1) is 0 Å². The summed E-state index contributed by atoms with van der Waals surface area (Å²) in [6, 6.07) is 8.26. The van der Waals surface area contributed by atoms with Crippen LogP contribution in [0.2, 0.25) is 0 Å². The van der Waals surface area contributed by atoms with E-state index in [4.69, 9.17) is 5.73 Å². The zero-order chi connectivity index (χ0) is 14.1. The molecule has 0 spiro atoms. The Morgan fingerprint density at radius 3 is 2.45 bits per heavy atom. The summed E-state index contributed by atoms with van der Waals surface area (Å²) < 4.78 is 0. The van der Waals surface area contributed by atoms with E-state index in [1.807, 2.05) is 4.90 Å². The van der Waals surface area contributed by atoms with Gasteiger partial charge in [0, 0.05) is 18.2 Å². The van der Waals surface area contributed by atoms with Crippen molar-refractivity contribution in [1.29, 1.82) is 0 Å². The number of carbonyl (C=O) groups excluding carboxylic acids is 1. The number of nitrogens with two attached hydrogens (primary N) is 1. The maximum absolute atomic E-state index is 12.8. The zero-order valence-electron chi connectivity index (χ0n) is 12.2. The van der Waals surface area contributed by atoms with Crippen LogP contribution in [-0.4, -0.2) is 19.0 Å². The molecule has 1 aromatic carbocycles. The van der Waals surface area contributed by atoms with Gasteiger partial charge in [0.05, 0.1) is 0 Å². The molecule has 0 aromatic heterocycles. The van der Waals surface area contributed by atoms with Crippen LogP contribution in [0.15, 0.2) is 24.3 Å². The van der Waals surface area contributed by atoms with Gasteiger partial charge in [-0.2, -0.15) is 0 Å². The lowest BCUT2D eigenvalue weighted by Gasteiger charge is -2.26. The largest absolute Gasteiger partial charge is 0.330 e. The number of amides is 1. The van der Waals surface area contributed by atoms with Crippen molar-refractivity contribution in [2.45, 2.75) is 32.6 Å². The van der Waals surface area contributed by atoms with E-state index >= 15 is 0 Å². The third-order valence-corrected chi connectivity index (χ3v) is 4.79. The van der Waals surface area contributed by atoms with Crippen molar-refractivity contribution in [3.8, 4) is 0 Å². The number of benzene rings is 1. The smallest absolute Gasteiger partial charge is 0.230 e. The van der Waals surface area contributed by atoms with E-state index in [0.29, 0.717) is 12.5 Å². The first-order valence-electron chi connectivity index (χ1n) is 7.77. The zero-order valence-corrected chi connectivity index (χ0v) is 12.2. The molecule has 3 nitrogen and oxygen atoms in total. The minimum Gasteiger partial charge on any atom is -0.330 e. The quantitative estimate of drug-likeness (QED) is 0.896. The van der Waals surface area contributed by atoms with Crippen LogP contribution in [0, 0.1) is 24.7 Å². The van der Waals surface area contributed by atoms with E-state index in [2.05, 4.69) is 31.2 Å². The predicted molar refractivity (Wildman–Crippen MR) is 81.5 cm³/mol. The highest BCUT2D eigenvalue weighted by Gasteiger charge is 2.48. The molecule has 2 aliphatic rings. The molecule has 2 atom stereocenters. The minimum atomic E-state index is 0.248. The third-order valence-electron chi connectivity index (χ3n) is 4.79. The number of carbonyl (C=O) groups is 1. The third kappa shape index (κ3) is 2.73. The normalized spacial score (nSPS) is 27.2. The summed E-state index contributed by atoms with van der Waals surface area (Å²) >= 11 is 0. The molecule has 2 unspecified atom stereocenters. The highest BCUT2D eigenvalue weighted by molar-refractivity contribution is 5.95. The van der Waals surface area contributed by atoms with E-state index in [1.165, 1.54) is 12.0 Å². The molecule has 2 aliphatic carbocycles. The first kappa shape index (κ1) is 13.6. The molecule has 0 heterocycles. The molecule has 3 rings (SSSR count). The van der Waals surface area contributed by atoms with Gasteiger partial charge in [-0.25, -0.2) is 0 Å². The Hall–Kier alpha value is -1.35. The van der Waals surface area contributed by atoms with Crippen LogP contribution in [0.25, 0.3) is 0 Å². The molecule has 20 heavy (non-hydrogen) atoms. The van der Waals surface area contributed by atoms with Crippen molar-refractivity contribution in [3.05, 3.63) is 29.8 Å². The molecule has 1 aromatic rings. The van der Waals surface area contributed by atoms with Crippen molar-refractivity contribution in [1.82, 2.24) is 0 Å². The van der Waals surface area contributed by atoms with Gasteiger partial charge >= 0.3 is 0 Å². The second-order valence-corrected chi connectivity index (χ2v) is 6.39. The molecule has 2 N–H and O–H groups in total. The highest BCUT2D eigenvalue weighted by atomic mass is 16.2. The molecule has 1 amide bonds. The van der Waals surface area contributed by atoms with Gasteiger partial charge in [0.2, 0.25) is 5.91 Å². The lowest BCUT2D eigenvalue weighted by molar-refractivity contribution is -0.122. The lowest BCUT2D eigenvalue weighted by atomic mass is 10.0. The fourth-order valence-electron chi connectivity index (χ4n) is 3.48. The lowest BCUT2D eigenvalue weighted by Crippen LogP contribution is -2.37. The second kappa shape index (κ2) is 5.57. The summed E-state index contributed by atoms with van der Waals surface area (Å²) in [4.78, 5) is 14.7. The average molecular weight is 272 g/mol. The second-order valence-electron chi connectivity index (χ2n) is 6.39. The number of rotatable bonds is 5. The van der Waals surface area contributed by atoms with E-state index < -0.39 is 0 Å². The van der Waals surface area contributed by atoms with Crippen molar-refractivity contribution < 1.29 is 4.79 Å². The molecule has 0 radical (unpaired) electrons. The van der Waals surface area contributed by atoms with Gasteiger partial charge in [-0.3, -0.25) is 4.79 Å². The molecule has 3 heteroatoms. The topological polar surface area (TPSA) is 46.3 Å². The van der Waals surface area contributed by atoms with Crippen LogP contribution in [0.3, 0.4) is 0 Å². The SMILES string of the molecule is Cc1ccc(N(CCCN)C(=O)C2CC3CC3C2)cc1. The Morgan fingerprint density at radius 2 is 1.85 bits per heavy atom. The summed E-state index contributed by atoms with van der Waals surface area (Å²) in [6.07, 6.45) is 4.43. The minimum absolute atomic E-state index is 0.248. The standard InChI is InChI=1S/C17H24N2O/c1-12-3-5-16(6-4-12)19(8-2-7-18)17(20)15-10-13-9-14(13)11-15/h3-6,13-15H,2,7-11,18H2,1H3. The molecule has 2 saturated carbocycles. The Kier molecular flexibility index (Phi) is 3.79. The number of hydrogen-bond donors (Lipinski definition) is 1. The van der Waals surface area contributed by atoms with Gasteiger partial charge in [-0.1, -0.05) is 17.7 Å². The molecule has 0 aliphatic heterocycles. The number of anilines is 1. The molecule has 0 saturated heterocycles. The van der Waals surface area contributed by atoms with Gasteiger partial charge in [0.1, 0.15) is 0 Å². The van der Waals surface area contributed by atoms with Gasteiger partial charge in [-0.05, 0) is 63.1 Å². The molecule has 0 bridgehead atoms. The van der Waals surface area contributed by atoms with E-state index in [0.717, 1.165) is 43.3 Å². The molecule has 108 valence electrons. The van der Waals surface area contributed by atoms with E-state index in [1.54, 1.807) is 0 Å². The maximum atomic E-state index is 12.8. The van der Waals surface area contributed by atoms with Crippen LogP contribution in [0.4, 0.5) is 5.69 Å². The van der Waals surface area contributed by atoms with Crippen molar-refractivity contribution in [3.63, 3.8) is 0 Å².